The topological polar surface area (TPSA) is 64.1 Å². The van der Waals surface area contributed by atoms with E-state index in [1.165, 1.54) is 4.90 Å². The minimum atomic E-state index is -3.24. The van der Waals surface area contributed by atoms with E-state index in [1.54, 1.807) is 12.1 Å². The Bertz CT molecular complexity index is 1090. The SMILES string of the molecule is Cc1ccc(N2C(=O)CC([P+]3(O)N(c4ccccc4)CCN3c3ccccc3)C2=O)cc1. The Morgan fingerprint density at radius 2 is 1.25 bits per heavy atom. The fraction of sp³-hybridized carbons (Fsp3) is 0.200. The molecule has 5 rings (SSSR count). The number of para-hydroxylation sites is 2. The van der Waals surface area contributed by atoms with Crippen molar-refractivity contribution in [3.05, 3.63) is 90.5 Å². The predicted octanol–water partition coefficient (Wildman–Crippen LogP) is 4.41. The van der Waals surface area contributed by atoms with Gasteiger partial charge in [-0.1, -0.05) is 54.1 Å². The van der Waals surface area contributed by atoms with Crippen LogP contribution in [0.4, 0.5) is 17.1 Å². The van der Waals surface area contributed by atoms with Gasteiger partial charge in [-0.05, 0) is 43.3 Å². The molecule has 1 N–H and O–H groups in total. The van der Waals surface area contributed by atoms with Gasteiger partial charge >= 0.3 is 7.79 Å². The van der Waals surface area contributed by atoms with Crippen LogP contribution in [0.25, 0.3) is 0 Å². The molecule has 0 saturated carbocycles. The largest absolute Gasteiger partial charge is 0.344 e. The Morgan fingerprint density at radius 1 is 0.750 bits per heavy atom. The number of benzene rings is 3. The van der Waals surface area contributed by atoms with Gasteiger partial charge in [0.2, 0.25) is 11.6 Å². The summed E-state index contributed by atoms with van der Waals surface area (Å²) in [4.78, 5) is 40.3. The molecule has 2 amide bonds. The number of nitrogens with zero attached hydrogens (tertiary/aromatic N) is 3. The van der Waals surface area contributed by atoms with Gasteiger partial charge in [0.1, 0.15) is 0 Å². The van der Waals surface area contributed by atoms with Gasteiger partial charge in [0, 0.05) is 0 Å². The summed E-state index contributed by atoms with van der Waals surface area (Å²) in [5.41, 5.74) is 2.50. The molecular weight excluding hydrogens is 421 g/mol. The fourth-order valence-electron chi connectivity index (χ4n) is 4.60. The lowest BCUT2D eigenvalue weighted by atomic mass is 10.2. The van der Waals surface area contributed by atoms with Gasteiger partial charge in [-0.15, -0.1) is 0 Å². The third kappa shape index (κ3) is 3.27. The lowest BCUT2D eigenvalue weighted by Gasteiger charge is -2.34. The number of hydrogen-bond acceptors (Lipinski definition) is 5. The van der Waals surface area contributed by atoms with Crippen LogP contribution in [-0.4, -0.2) is 35.5 Å². The van der Waals surface area contributed by atoms with E-state index < -0.39 is 13.4 Å². The van der Waals surface area contributed by atoms with Crippen LogP contribution in [0.5, 0.6) is 0 Å². The third-order valence-corrected chi connectivity index (χ3v) is 9.70. The van der Waals surface area contributed by atoms with Crippen molar-refractivity contribution in [3.8, 4) is 0 Å². The van der Waals surface area contributed by atoms with E-state index in [4.69, 9.17) is 0 Å². The predicted molar refractivity (Wildman–Crippen MR) is 129 cm³/mol. The number of carbonyl (C=O) groups excluding carboxylic acids is 2. The van der Waals surface area contributed by atoms with Crippen molar-refractivity contribution in [3.63, 3.8) is 0 Å². The first-order valence-corrected chi connectivity index (χ1v) is 12.4. The summed E-state index contributed by atoms with van der Waals surface area (Å²) in [5, 5.41) is 0. The Labute approximate surface area is 188 Å². The van der Waals surface area contributed by atoms with E-state index in [1.807, 2.05) is 89.1 Å². The van der Waals surface area contributed by atoms with Gasteiger partial charge in [0.15, 0.2) is 0 Å². The molecule has 0 spiro atoms. The number of amides is 2. The number of rotatable bonds is 4. The van der Waals surface area contributed by atoms with E-state index in [9.17, 15) is 14.5 Å². The molecule has 32 heavy (non-hydrogen) atoms. The molecule has 7 heteroatoms. The smallest absolute Gasteiger partial charge is 0.274 e. The zero-order chi connectivity index (χ0) is 22.3. The highest BCUT2D eigenvalue weighted by Gasteiger charge is 2.68. The van der Waals surface area contributed by atoms with Crippen LogP contribution in [-0.2, 0) is 9.59 Å². The molecular formula is C25H25N3O3P+. The lowest BCUT2D eigenvalue weighted by molar-refractivity contribution is -0.121. The molecule has 0 radical (unpaired) electrons. The molecule has 1 unspecified atom stereocenters. The summed E-state index contributed by atoms with van der Waals surface area (Å²) in [6, 6.07) is 26.7. The van der Waals surface area contributed by atoms with Gasteiger partial charge in [-0.3, -0.25) is 9.59 Å². The molecule has 2 heterocycles. The summed E-state index contributed by atoms with van der Waals surface area (Å²) in [6.45, 7) is 3.11. The van der Waals surface area contributed by atoms with Gasteiger partial charge in [0.25, 0.3) is 5.91 Å². The van der Waals surface area contributed by atoms with Crippen LogP contribution >= 0.6 is 7.79 Å². The standard InChI is InChI=1S/C25H25N3O3P/c1-19-12-14-22(15-13-19)28-24(29)18-23(25(28)30)32(31)26(20-8-4-2-5-9-20)16-17-27(32)21-10-6-3-7-11-21/h2-15,23,31H,16-18H2,1H3/q+1. The average molecular weight is 446 g/mol. The van der Waals surface area contributed by atoms with E-state index in [0.29, 0.717) is 18.8 Å². The minimum absolute atomic E-state index is 0.0103. The fourth-order valence-corrected chi connectivity index (χ4v) is 8.06. The zero-order valence-corrected chi connectivity index (χ0v) is 18.7. The summed E-state index contributed by atoms with van der Waals surface area (Å²) in [7, 11) is -3.24. The number of hydrogen-bond donors (Lipinski definition) is 1. The van der Waals surface area contributed by atoms with Crippen molar-refractivity contribution in [2.75, 3.05) is 27.3 Å². The summed E-state index contributed by atoms with van der Waals surface area (Å²) in [5.74, 6) is -0.608. The highest BCUT2D eigenvalue weighted by atomic mass is 31.2. The molecule has 2 fully saturated rings. The number of anilines is 3. The summed E-state index contributed by atoms with van der Waals surface area (Å²) >= 11 is 0. The van der Waals surface area contributed by atoms with Gasteiger partial charge in [-0.25, -0.2) is 19.1 Å². The first kappa shape index (κ1) is 20.7. The molecule has 0 bridgehead atoms. The first-order valence-electron chi connectivity index (χ1n) is 10.7. The van der Waals surface area contributed by atoms with Crippen LogP contribution in [0, 0.1) is 6.92 Å². The van der Waals surface area contributed by atoms with Crippen molar-refractivity contribution in [1.29, 1.82) is 0 Å². The molecule has 0 aromatic heterocycles. The van der Waals surface area contributed by atoms with Gasteiger partial charge in [-0.2, -0.15) is 0 Å². The molecule has 6 nitrogen and oxygen atoms in total. The monoisotopic (exact) mass is 446 g/mol. The second-order valence-corrected chi connectivity index (χ2v) is 11.0. The number of carbonyl (C=O) groups is 2. The third-order valence-electron chi connectivity index (χ3n) is 6.18. The normalized spacial score (nSPS) is 20.3. The lowest BCUT2D eigenvalue weighted by Crippen LogP contribution is -2.39. The molecule has 0 aliphatic carbocycles. The second kappa shape index (κ2) is 8.05. The average Bonchev–Trinajstić information content (AvgIpc) is 3.32. The van der Waals surface area contributed by atoms with Crippen LogP contribution < -0.4 is 14.2 Å². The Hall–Kier alpha value is -3.21. The molecule has 3 aromatic rings. The van der Waals surface area contributed by atoms with Crippen molar-refractivity contribution in [1.82, 2.24) is 0 Å². The van der Waals surface area contributed by atoms with E-state index in [2.05, 4.69) is 0 Å². The maximum atomic E-state index is 13.7. The van der Waals surface area contributed by atoms with Crippen LogP contribution in [0.1, 0.15) is 12.0 Å². The molecule has 2 saturated heterocycles. The zero-order valence-electron chi connectivity index (χ0n) is 17.8. The molecule has 2 aliphatic rings. The number of imide groups is 1. The number of aryl methyl sites for hydroxylation is 1. The summed E-state index contributed by atoms with van der Waals surface area (Å²) in [6.07, 6.45) is -0.0103. The van der Waals surface area contributed by atoms with Crippen LogP contribution in [0.3, 0.4) is 0 Å². The highest BCUT2D eigenvalue weighted by molar-refractivity contribution is 7.75. The Morgan fingerprint density at radius 3 is 1.75 bits per heavy atom. The van der Waals surface area contributed by atoms with Crippen LogP contribution in [0.15, 0.2) is 84.9 Å². The van der Waals surface area contributed by atoms with Gasteiger partial charge < -0.3 is 0 Å². The molecule has 162 valence electrons. The van der Waals surface area contributed by atoms with Crippen molar-refractivity contribution in [2.45, 2.75) is 19.0 Å². The van der Waals surface area contributed by atoms with Crippen LogP contribution in [0.2, 0.25) is 0 Å². The highest BCUT2D eigenvalue weighted by Crippen LogP contribution is 2.71. The molecule has 2 aliphatic heterocycles. The van der Waals surface area contributed by atoms with Crippen molar-refractivity contribution >= 4 is 36.7 Å². The Kier molecular flexibility index (Phi) is 5.20. The van der Waals surface area contributed by atoms with E-state index in [-0.39, 0.29) is 18.2 Å². The van der Waals surface area contributed by atoms with Gasteiger partial charge in [0.05, 0.1) is 36.6 Å². The quantitative estimate of drug-likeness (QED) is 0.475. The van der Waals surface area contributed by atoms with Crippen molar-refractivity contribution in [2.24, 2.45) is 0 Å². The maximum Gasteiger partial charge on any atom is 0.344 e. The second-order valence-electron chi connectivity index (χ2n) is 8.15. The first-order chi connectivity index (χ1) is 15.5. The summed E-state index contributed by atoms with van der Waals surface area (Å²) < 4.78 is 3.91. The minimum Gasteiger partial charge on any atom is -0.274 e. The molecule has 1 atom stereocenters. The van der Waals surface area contributed by atoms with Crippen molar-refractivity contribution < 1.29 is 14.5 Å². The maximum absolute atomic E-state index is 13.7. The van der Waals surface area contributed by atoms with E-state index in [0.717, 1.165) is 16.9 Å². The Balaban J connectivity index is 1.58. The van der Waals surface area contributed by atoms with E-state index >= 15 is 0 Å². The molecule has 3 aromatic carbocycles.